The highest BCUT2D eigenvalue weighted by Crippen LogP contribution is 2.23. The molecule has 1 amide bonds. The van der Waals surface area contributed by atoms with E-state index in [9.17, 15) is 9.90 Å². The second-order valence-corrected chi connectivity index (χ2v) is 7.02. The quantitative estimate of drug-likeness (QED) is 0.800. The fraction of sp³-hybridized carbons (Fsp3) is 0.588. The van der Waals surface area contributed by atoms with Crippen LogP contribution in [0.1, 0.15) is 44.7 Å². The van der Waals surface area contributed by atoms with Crippen molar-refractivity contribution in [2.45, 2.75) is 64.8 Å². The molecule has 1 aliphatic carbocycles. The Balaban J connectivity index is 1.69. The van der Waals surface area contributed by atoms with E-state index in [0.717, 1.165) is 24.0 Å². The number of hydrogen-bond donors (Lipinski definition) is 3. The summed E-state index contributed by atoms with van der Waals surface area (Å²) >= 11 is 0. The highest BCUT2D eigenvalue weighted by atomic mass is 16.6. The topological polar surface area (TPSA) is 70.6 Å². The summed E-state index contributed by atoms with van der Waals surface area (Å²) in [5.74, 6) is 0.320. The van der Waals surface area contributed by atoms with E-state index >= 15 is 0 Å². The van der Waals surface area contributed by atoms with Crippen LogP contribution >= 0.6 is 0 Å². The van der Waals surface area contributed by atoms with Crippen LogP contribution in [0.3, 0.4) is 0 Å². The van der Waals surface area contributed by atoms with Crippen LogP contribution in [0, 0.1) is 6.92 Å². The number of rotatable bonds is 4. The first kappa shape index (κ1) is 16.6. The fourth-order valence-corrected chi connectivity index (χ4v) is 2.49. The summed E-state index contributed by atoms with van der Waals surface area (Å²) in [6, 6.07) is 6.12. The van der Waals surface area contributed by atoms with Gasteiger partial charge in [-0.3, -0.25) is 0 Å². The van der Waals surface area contributed by atoms with Crippen molar-refractivity contribution in [2.75, 3.05) is 0 Å². The zero-order valence-corrected chi connectivity index (χ0v) is 13.8. The lowest BCUT2D eigenvalue weighted by molar-refractivity contribution is 0.0465. The monoisotopic (exact) mass is 306 g/mol. The Kier molecular flexibility index (Phi) is 4.96. The first-order valence-electron chi connectivity index (χ1n) is 7.74. The number of hydrogen-bond acceptors (Lipinski definition) is 4. The van der Waals surface area contributed by atoms with Crippen molar-refractivity contribution in [3.05, 3.63) is 29.3 Å². The first-order valence-corrected chi connectivity index (χ1v) is 7.74. The molecule has 2 rings (SSSR count). The van der Waals surface area contributed by atoms with Gasteiger partial charge >= 0.3 is 6.09 Å². The van der Waals surface area contributed by atoms with Crippen LogP contribution in [0.5, 0.6) is 5.75 Å². The third-order valence-electron chi connectivity index (χ3n) is 3.68. The van der Waals surface area contributed by atoms with E-state index < -0.39 is 5.60 Å². The van der Waals surface area contributed by atoms with Gasteiger partial charge in [-0.25, -0.2) is 4.79 Å². The Morgan fingerprint density at radius 1 is 1.32 bits per heavy atom. The number of benzene rings is 1. The number of phenols is 1. The highest BCUT2D eigenvalue weighted by Gasteiger charge is 2.31. The molecule has 1 saturated carbocycles. The van der Waals surface area contributed by atoms with Crippen LogP contribution in [-0.2, 0) is 11.3 Å². The number of nitrogens with one attached hydrogen (secondary N) is 2. The van der Waals surface area contributed by atoms with E-state index in [4.69, 9.17) is 4.74 Å². The number of alkyl carbamates (subject to hydrolysis) is 1. The Morgan fingerprint density at radius 3 is 2.64 bits per heavy atom. The standard InChI is InChI=1S/C17H26N2O3/c1-11-5-6-15(20)12(7-11)10-18-13-8-14(9-13)19-16(21)22-17(2,3)4/h5-7,13-14,18,20H,8-10H2,1-4H3,(H,19,21). The van der Waals surface area contributed by atoms with Crippen LogP contribution in [0.25, 0.3) is 0 Å². The lowest BCUT2D eigenvalue weighted by Crippen LogP contribution is -2.52. The number of ether oxygens (including phenoxy) is 1. The number of phenolic OH excluding ortho intramolecular Hbond substituents is 1. The zero-order valence-electron chi connectivity index (χ0n) is 13.8. The third-order valence-corrected chi connectivity index (χ3v) is 3.68. The van der Waals surface area contributed by atoms with Crippen LogP contribution in [0.4, 0.5) is 4.79 Å². The van der Waals surface area contributed by atoms with Crippen LogP contribution in [0.2, 0.25) is 0 Å². The SMILES string of the molecule is Cc1ccc(O)c(CNC2CC(NC(=O)OC(C)(C)C)C2)c1. The minimum atomic E-state index is -0.464. The lowest BCUT2D eigenvalue weighted by atomic mass is 9.86. The molecule has 1 aliphatic rings. The van der Waals surface area contributed by atoms with Gasteiger partial charge in [-0.05, 0) is 46.6 Å². The third kappa shape index (κ3) is 4.91. The van der Waals surface area contributed by atoms with Crippen molar-refractivity contribution < 1.29 is 14.6 Å². The Hall–Kier alpha value is -1.75. The predicted molar refractivity (Wildman–Crippen MR) is 85.9 cm³/mol. The molecule has 0 aliphatic heterocycles. The Morgan fingerprint density at radius 2 is 2.00 bits per heavy atom. The molecule has 0 bridgehead atoms. The van der Waals surface area contributed by atoms with E-state index in [1.807, 2.05) is 39.8 Å². The van der Waals surface area contributed by atoms with Gasteiger partial charge in [0.1, 0.15) is 11.4 Å². The smallest absolute Gasteiger partial charge is 0.407 e. The minimum absolute atomic E-state index is 0.165. The van der Waals surface area contributed by atoms with Gasteiger partial charge in [-0.15, -0.1) is 0 Å². The van der Waals surface area contributed by atoms with E-state index in [1.54, 1.807) is 6.07 Å². The molecule has 1 aromatic rings. The van der Waals surface area contributed by atoms with Crippen molar-refractivity contribution in [1.82, 2.24) is 10.6 Å². The molecule has 0 aromatic heterocycles. The van der Waals surface area contributed by atoms with Crippen molar-refractivity contribution in [3.8, 4) is 5.75 Å². The van der Waals surface area contributed by atoms with Gasteiger partial charge in [0.2, 0.25) is 0 Å². The summed E-state index contributed by atoms with van der Waals surface area (Å²) in [5, 5.41) is 16.1. The maximum absolute atomic E-state index is 11.6. The van der Waals surface area contributed by atoms with Crippen LogP contribution in [-0.4, -0.2) is 28.9 Å². The molecule has 0 atom stereocenters. The Labute approximate surface area is 132 Å². The molecule has 1 fully saturated rings. The largest absolute Gasteiger partial charge is 0.508 e. The molecule has 22 heavy (non-hydrogen) atoms. The van der Waals surface area contributed by atoms with E-state index in [-0.39, 0.29) is 12.1 Å². The summed E-state index contributed by atoms with van der Waals surface area (Å²) in [4.78, 5) is 11.6. The van der Waals surface area contributed by atoms with Gasteiger partial charge < -0.3 is 20.5 Å². The first-order chi connectivity index (χ1) is 10.2. The van der Waals surface area contributed by atoms with Crippen molar-refractivity contribution in [3.63, 3.8) is 0 Å². The average molecular weight is 306 g/mol. The molecule has 5 heteroatoms. The maximum Gasteiger partial charge on any atom is 0.407 e. The summed E-state index contributed by atoms with van der Waals surface area (Å²) in [7, 11) is 0. The van der Waals surface area contributed by atoms with Crippen LogP contribution in [0.15, 0.2) is 18.2 Å². The van der Waals surface area contributed by atoms with Gasteiger partial charge in [0, 0.05) is 24.2 Å². The molecule has 0 radical (unpaired) electrons. The number of amides is 1. The normalized spacial score (nSPS) is 21.1. The molecular weight excluding hydrogens is 280 g/mol. The highest BCUT2D eigenvalue weighted by molar-refractivity contribution is 5.68. The minimum Gasteiger partial charge on any atom is -0.508 e. The summed E-state index contributed by atoms with van der Waals surface area (Å²) < 4.78 is 5.23. The zero-order chi connectivity index (χ0) is 16.3. The van der Waals surface area contributed by atoms with Gasteiger partial charge in [-0.1, -0.05) is 17.7 Å². The predicted octanol–water partition coefficient (Wildman–Crippen LogP) is 2.85. The molecule has 0 unspecified atom stereocenters. The van der Waals surface area contributed by atoms with Crippen molar-refractivity contribution in [1.29, 1.82) is 0 Å². The Bertz CT molecular complexity index is 531. The van der Waals surface area contributed by atoms with E-state index in [0.29, 0.717) is 18.3 Å². The number of aryl methyl sites for hydroxylation is 1. The van der Waals surface area contributed by atoms with Crippen molar-refractivity contribution >= 4 is 6.09 Å². The average Bonchev–Trinajstić information content (AvgIpc) is 2.33. The fourth-order valence-electron chi connectivity index (χ4n) is 2.49. The molecular formula is C17H26N2O3. The van der Waals surface area contributed by atoms with Crippen LogP contribution < -0.4 is 10.6 Å². The molecule has 3 N–H and O–H groups in total. The molecule has 5 nitrogen and oxygen atoms in total. The lowest BCUT2D eigenvalue weighted by Gasteiger charge is -2.36. The number of carbonyl (C=O) groups is 1. The summed E-state index contributed by atoms with van der Waals surface area (Å²) in [5.41, 5.74) is 1.57. The van der Waals surface area contributed by atoms with Gasteiger partial charge in [0.05, 0.1) is 0 Å². The van der Waals surface area contributed by atoms with Crippen molar-refractivity contribution in [2.24, 2.45) is 0 Å². The van der Waals surface area contributed by atoms with Gasteiger partial charge in [0.15, 0.2) is 0 Å². The number of carbonyl (C=O) groups excluding carboxylic acids is 1. The second-order valence-electron chi connectivity index (χ2n) is 7.02. The molecule has 0 heterocycles. The van der Waals surface area contributed by atoms with Gasteiger partial charge in [-0.2, -0.15) is 0 Å². The van der Waals surface area contributed by atoms with Gasteiger partial charge in [0.25, 0.3) is 0 Å². The maximum atomic E-state index is 11.6. The summed E-state index contributed by atoms with van der Waals surface area (Å²) in [6.07, 6.45) is 1.41. The molecule has 0 spiro atoms. The molecule has 122 valence electrons. The van der Waals surface area contributed by atoms with E-state index in [1.165, 1.54) is 0 Å². The molecule has 0 saturated heterocycles. The number of aromatic hydroxyl groups is 1. The second kappa shape index (κ2) is 6.57. The summed E-state index contributed by atoms with van der Waals surface area (Å²) in [6.45, 7) is 8.20. The molecule has 1 aromatic carbocycles. The van der Waals surface area contributed by atoms with E-state index in [2.05, 4.69) is 10.6 Å².